The number of carbonyl (C=O) groups is 1. The molecule has 1 aliphatic heterocycles. The van der Waals surface area contributed by atoms with Crippen molar-refractivity contribution < 1.29 is 28.9 Å². The Morgan fingerprint density at radius 2 is 2.00 bits per heavy atom. The van der Waals surface area contributed by atoms with E-state index in [9.17, 15) is 9.18 Å². The lowest BCUT2D eigenvalue weighted by molar-refractivity contribution is -0.164. The van der Waals surface area contributed by atoms with Crippen LogP contribution >= 0.6 is 0 Å². The first-order valence-corrected chi connectivity index (χ1v) is 5.06. The van der Waals surface area contributed by atoms with Crippen LogP contribution in [0.2, 0.25) is 0 Å². The molecule has 0 amide bonds. The number of esters is 1. The lowest BCUT2D eigenvalue weighted by Gasteiger charge is -2.19. The highest BCUT2D eigenvalue weighted by molar-refractivity contribution is 5.75. The van der Waals surface area contributed by atoms with Crippen LogP contribution in [0.3, 0.4) is 0 Å². The summed E-state index contributed by atoms with van der Waals surface area (Å²) in [6, 6.07) is 0. The van der Waals surface area contributed by atoms with Gasteiger partial charge in [0, 0.05) is 0 Å². The molecule has 1 fully saturated rings. The Labute approximate surface area is 93.2 Å². The van der Waals surface area contributed by atoms with Gasteiger partial charge in [0.25, 0.3) is 0 Å². The third kappa shape index (κ3) is 2.90. The summed E-state index contributed by atoms with van der Waals surface area (Å²) in [6.45, 7) is 4.69. The van der Waals surface area contributed by atoms with Crippen molar-refractivity contribution in [2.24, 2.45) is 5.41 Å². The average molecular weight is 236 g/mol. The molecule has 0 radical (unpaired) electrons. The van der Waals surface area contributed by atoms with Crippen molar-refractivity contribution in [3.63, 3.8) is 0 Å². The highest BCUT2D eigenvalue weighted by Crippen LogP contribution is 2.24. The van der Waals surface area contributed by atoms with E-state index in [1.54, 1.807) is 20.8 Å². The molecule has 2 N–H and O–H groups in total. The number of hydrogen-bond acceptors (Lipinski definition) is 5. The number of aliphatic hydroxyl groups excluding tert-OH is 2. The number of halogens is 1. The molecule has 0 spiro atoms. The molecule has 1 heterocycles. The molecular formula is C10H17FO5. The van der Waals surface area contributed by atoms with Crippen LogP contribution in [0.4, 0.5) is 4.39 Å². The van der Waals surface area contributed by atoms with E-state index >= 15 is 0 Å². The van der Waals surface area contributed by atoms with E-state index in [0.29, 0.717) is 0 Å². The van der Waals surface area contributed by atoms with Gasteiger partial charge in [-0.15, -0.1) is 0 Å². The van der Waals surface area contributed by atoms with Gasteiger partial charge in [0.05, 0.1) is 5.41 Å². The zero-order chi connectivity index (χ0) is 12.5. The van der Waals surface area contributed by atoms with Crippen molar-refractivity contribution >= 4 is 5.97 Å². The minimum atomic E-state index is -1.75. The van der Waals surface area contributed by atoms with Crippen molar-refractivity contribution in [1.29, 1.82) is 0 Å². The first kappa shape index (κ1) is 13.3. The van der Waals surface area contributed by atoms with Crippen LogP contribution < -0.4 is 0 Å². The number of carbonyl (C=O) groups excluding carboxylic acids is 1. The van der Waals surface area contributed by atoms with E-state index in [-0.39, 0.29) is 6.61 Å². The van der Waals surface area contributed by atoms with Gasteiger partial charge in [-0.25, -0.2) is 4.39 Å². The molecule has 94 valence electrons. The molecule has 0 unspecified atom stereocenters. The first-order chi connectivity index (χ1) is 7.23. The van der Waals surface area contributed by atoms with Gasteiger partial charge in [-0.05, 0) is 20.8 Å². The number of alkyl halides is 1. The zero-order valence-corrected chi connectivity index (χ0v) is 9.51. The van der Waals surface area contributed by atoms with Crippen LogP contribution in [0.15, 0.2) is 0 Å². The van der Waals surface area contributed by atoms with Crippen LogP contribution in [0.25, 0.3) is 0 Å². The Hall–Kier alpha value is -0.720. The molecular weight excluding hydrogens is 219 g/mol. The van der Waals surface area contributed by atoms with Crippen molar-refractivity contribution in [1.82, 2.24) is 0 Å². The quantitative estimate of drug-likeness (QED) is 0.660. The van der Waals surface area contributed by atoms with Gasteiger partial charge in [0.2, 0.25) is 0 Å². The molecule has 0 bridgehead atoms. The van der Waals surface area contributed by atoms with Crippen molar-refractivity contribution in [2.45, 2.75) is 45.4 Å². The Balaban J connectivity index is 2.43. The Morgan fingerprint density at radius 3 is 2.38 bits per heavy atom. The predicted molar refractivity (Wildman–Crippen MR) is 52.2 cm³/mol. The average Bonchev–Trinajstić information content (AvgIpc) is 2.41. The summed E-state index contributed by atoms with van der Waals surface area (Å²) >= 11 is 0. The van der Waals surface area contributed by atoms with Crippen molar-refractivity contribution in [3.8, 4) is 0 Å². The second kappa shape index (κ2) is 4.65. The van der Waals surface area contributed by atoms with Gasteiger partial charge in [-0.3, -0.25) is 4.79 Å². The monoisotopic (exact) mass is 236 g/mol. The number of aliphatic hydroxyl groups is 2. The smallest absolute Gasteiger partial charge is 0.311 e. The third-order valence-corrected chi connectivity index (χ3v) is 2.28. The van der Waals surface area contributed by atoms with E-state index in [1.165, 1.54) is 0 Å². The van der Waals surface area contributed by atoms with E-state index < -0.39 is 36.1 Å². The summed E-state index contributed by atoms with van der Waals surface area (Å²) in [4.78, 5) is 11.4. The lowest BCUT2D eigenvalue weighted by Crippen LogP contribution is -2.33. The summed E-state index contributed by atoms with van der Waals surface area (Å²) in [6.07, 6.45) is -6.01. The molecule has 0 aliphatic carbocycles. The summed E-state index contributed by atoms with van der Waals surface area (Å²) in [5, 5.41) is 18.1. The first-order valence-electron chi connectivity index (χ1n) is 5.06. The summed E-state index contributed by atoms with van der Waals surface area (Å²) < 4.78 is 22.8. The highest BCUT2D eigenvalue weighted by Gasteiger charge is 2.44. The molecule has 1 aliphatic rings. The zero-order valence-electron chi connectivity index (χ0n) is 9.51. The fraction of sp³-hybridized carbons (Fsp3) is 0.900. The minimum absolute atomic E-state index is 0.314. The fourth-order valence-corrected chi connectivity index (χ4v) is 1.22. The van der Waals surface area contributed by atoms with Gasteiger partial charge >= 0.3 is 5.97 Å². The molecule has 0 aromatic carbocycles. The highest BCUT2D eigenvalue weighted by atomic mass is 19.1. The van der Waals surface area contributed by atoms with Crippen LogP contribution in [0, 0.1) is 5.41 Å². The van der Waals surface area contributed by atoms with Crippen LogP contribution in [0.5, 0.6) is 0 Å². The van der Waals surface area contributed by atoms with E-state index in [4.69, 9.17) is 19.7 Å². The minimum Gasteiger partial charge on any atom is -0.462 e. The maximum Gasteiger partial charge on any atom is 0.311 e. The molecule has 0 aromatic rings. The van der Waals surface area contributed by atoms with Gasteiger partial charge in [-0.2, -0.15) is 0 Å². The number of ether oxygens (including phenoxy) is 2. The maximum atomic E-state index is 13.3. The van der Waals surface area contributed by atoms with Crippen molar-refractivity contribution in [2.75, 3.05) is 6.61 Å². The van der Waals surface area contributed by atoms with Gasteiger partial charge in [0.15, 0.2) is 12.5 Å². The molecule has 5 nitrogen and oxygen atoms in total. The molecule has 16 heavy (non-hydrogen) atoms. The number of hydrogen-bond donors (Lipinski definition) is 2. The summed E-state index contributed by atoms with van der Waals surface area (Å²) in [7, 11) is 0. The van der Waals surface area contributed by atoms with E-state index in [2.05, 4.69) is 0 Å². The lowest BCUT2D eigenvalue weighted by atomic mass is 9.97. The van der Waals surface area contributed by atoms with Gasteiger partial charge in [-0.1, -0.05) is 0 Å². The van der Waals surface area contributed by atoms with Crippen LogP contribution in [0.1, 0.15) is 20.8 Å². The predicted octanol–water partition coefficient (Wildman–Crippen LogP) is -0.00810. The Bertz CT molecular complexity index is 262. The van der Waals surface area contributed by atoms with Gasteiger partial charge < -0.3 is 19.7 Å². The van der Waals surface area contributed by atoms with Crippen molar-refractivity contribution in [3.05, 3.63) is 0 Å². The number of rotatable bonds is 2. The fourth-order valence-electron chi connectivity index (χ4n) is 1.22. The van der Waals surface area contributed by atoms with E-state index in [1.807, 2.05) is 0 Å². The standard InChI is InChI=1S/C10H17FO5/c1-10(2,3)9(14)15-4-5-6(11)7(12)8(13)16-5/h5-8,12-13H,4H2,1-3H3/t5-,6+,7-,8+/m1/s1. The molecule has 0 saturated carbocycles. The second-order valence-corrected chi connectivity index (χ2v) is 4.85. The largest absolute Gasteiger partial charge is 0.462 e. The topological polar surface area (TPSA) is 76.0 Å². The Morgan fingerprint density at radius 1 is 1.44 bits per heavy atom. The van der Waals surface area contributed by atoms with E-state index in [0.717, 1.165) is 0 Å². The summed E-state index contributed by atoms with van der Waals surface area (Å²) in [5.74, 6) is -0.487. The Kier molecular flexibility index (Phi) is 3.88. The molecule has 0 aromatic heterocycles. The molecule has 1 saturated heterocycles. The second-order valence-electron chi connectivity index (χ2n) is 4.85. The molecule has 1 rings (SSSR count). The third-order valence-electron chi connectivity index (χ3n) is 2.28. The normalized spacial score (nSPS) is 35.1. The van der Waals surface area contributed by atoms with Crippen LogP contribution in [-0.4, -0.2) is 47.5 Å². The maximum absolute atomic E-state index is 13.3. The molecule has 6 heteroatoms. The van der Waals surface area contributed by atoms with Gasteiger partial charge in [0.1, 0.15) is 18.8 Å². The van der Waals surface area contributed by atoms with Crippen LogP contribution in [-0.2, 0) is 14.3 Å². The summed E-state index contributed by atoms with van der Waals surface area (Å²) in [5.41, 5.74) is -0.679. The molecule has 4 atom stereocenters. The SMILES string of the molecule is CC(C)(C)C(=O)OC[C@H]1O[C@H](O)[C@H](O)[C@H]1F.